The molecule has 0 aliphatic heterocycles. The highest BCUT2D eigenvalue weighted by Crippen LogP contribution is 1.99. The Balaban J connectivity index is 0.000000671. The van der Waals surface area contributed by atoms with Crippen molar-refractivity contribution in [1.29, 1.82) is 0 Å². The van der Waals surface area contributed by atoms with Crippen LogP contribution in [0.1, 0.15) is 32.0 Å². The quantitative estimate of drug-likeness (QED) is 0.715. The van der Waals surface area contributed by atoms with E-state index in [0.29, 0.717) is 6.61 Å². The number of rotatable bonds is 3. The second-order valence-electron chi connectivity index (χ2n) is 2.46. The highest BCUT2D eigenvalue weighted by atomic mass is 16.5. The molecule has 0 unspecified atom stereocenters. The molecule has 0 spiro atoms. The van der Waals surface area contributed by atoms with Crippen LogP contribution in [0.5, 0.6) is 0 Å². The van der Waals surface area contributed by atoms with Gasteiger partial charge in [0.05, 0.1) is 12.3 Å². The summed E-state index contributed by atoms with van der Waals surface area (Å²) in [6.07, 6.45) is 1.86. The molecule has 0 saturated carbocycles. The zero-order chi connectivity index (χ0) is 10.1. The van der Waals surface area contributed by atoms with Gasteiger partial charge in [-0.25, -0.2) is 0 Å². The molecule has 0 amide bonds. The lowest BCUT2D eigenvalue weighted by Gasteiger charge is -1.99. The third kappa shape index (κ3) is 5.36. The third-order valence-electron chi connectivity index (χ3n) is 1.43. The van der Waals surface area contributed by atoms with Crippen LogP contribution in [-0.2, 0) is 11.3 Å². The Morgan fingerprint density at radius 3 is 2.46 bits per heavy atom. The van der Waals surface area contributed by atoms with Crippen molar-refractivity contribution in [1.82, 2.24) is 4.98 Å². The lowest BCUT2D eigenvalue weighted by Crippen LogP contribution is -1.94. The first-order chi connectivity index (χ1) is 6.33. The molecule has 1 rings (SSSR count). The van der Waals surface area contributed by atoms with Crippen LogP contribution in [0.25, 0.3) is 0 Å². The lowest BCUT2D eigenvalue weighted by molar-refractivity contribution is 0.131. The van der Waals surface area contributed by atoms with Crippen molar-refractivity contribution in [2.45, 2.75) is 34.3 Å². The Bertz CT molecular complexity index is 206. The lowest BCUT2D eigenvalue weighted by atomic mass is 10.3. The van der Waals surface area contributed by atoms with Crippen LogP contribution in [0.2, 0.25) is 0 Å². The van der Waals surface area contributed by atoms with Gasteiger partial charge in [0.1, 0.15) is 0 Å². The molecule has 1 aromatic rings. The maximum atomic E-state index is 5.20. The highest BCUT2D eigenvalue weighted by molar-refractivity contribution is 5.11. The van der Waals surface area contributed by atoms with Crippen molar-refractivity contribution >= 4 is 0 Å². The van der Waals surface area contributed by atoms with Crippen molar-refractivity contribution in [2.24, 2.45) is 0 Å². The van der Waals surface area contributed by atoms with Gasteiger partial charge < -0.3 is 4.74 Å². The van der Waals surface area contributed by atoms with E-state index in [1.807, 2.05) is 46.0 Å². The fourth-order valence-electron chi connectivity index (χ4n) is 0.790. The molecule has 1 heterocycles. The fourth-order valence-corrected chi connectivity index (χ4v) is 0.790. The number of aryl methyl sites for hydroxylation is 1. The number of aromatic nitrogens is 1. The molecule has 2 nitrogen and oxygen atoms in total. The van der Waals surface area contributed by atoms with Crippen LogP contribution in [0, 0.1) is 6.92 Å². The van der Waals surface area contributed by atoms with Gasteiger partial charge in [-0.1, -0.05) is 19.9 Å². The molecular formula is C11H19NO. The number of hydrogen-bond donors (Lipinski definition) is 0. The Morgan fingerprint density at radius 1 is 1.31 bits per heavy atom. The average Bonchev–Trinajstić information content (AvgIpc) is 2.20. The average molecular weight is 181 g/mol. The maximum Gasteiger partial charge on any atom is 0.0887 e. The zero-order valence-electron chi connectivity index (χ0n) is 9.00. The standard InChI is InChI=1S/C9H13NO.C2H6/c1-3-11-7-9-5-4-8(2)6-10-9;1-2/h4-6H,3,7H2,1-2H3;1-2H3. The Morgan fingerprint density at radius 2 is 2.00 bits per heavy atom. The summed E-state index contributed by atoms with van der Waals surface area (Å²) in [6.45, 7) is 9.37. The van der Waals surface area contributed by atoms with E-state index in [1.165, 1.54) is 5.56 Å². The topological polar surface area (TPSA) is 22.1 Å². The predicted octanol–water partition coefficient (Wildman–Crippen LogP) is 2.95. The van der Waals surface area contributed by atoms with Crippen molar-refractivity contribution in [2.75, 3.05) is 6.61 Å². The molecule has 1 aromatic heterocycles. The molecule has 0 aliphatic carbocycles. The van der Waals surface area contributed by atoms with Gasteiger partial charge in [-0.15, -0.1) is 0 Å². The van der Waals surface area contributed by atoms with Gasteiger partial charge in [0, 0.05) is 12.8 Å². The maximum absolute atomic E-state index is 5.20. The van der Waals surface area contributed by atoms with Crippen molar-refractivity contribution in [3.05, 3.63) is 29.6 Å². The summed E-state index contributed by atoms with van der Waals surface area (Å²) in [7, 11) is 0. The number of nitrogens with zero attached hydrogens (tertiary/aromatic N) is 1. The first-order valence-electron chi connectivity index (χ1n) is 4.82. The van der Waals surface area contributed by atoms with Gasteiger partial charge in [0.25, 0.3) is 0 Å². The van der Waals surface area contributed by atoms with Gasteiger partial charge in [0.2, 0.25) is 0 Å². The monoisotopic (exact) mass is 181 g/mol. The van der Waals surface area contributed by atoms with Crippen molar-refractivity contribution in [3.63, 3.8) is 0 Å². The summed E-state index contributed by atoms with van der Waals surface area (Å²) in [5, 5.41) is 0. The van der Waals surface area contributed by atoms with E-state index < -0.39 is 0 Å². The molecule has 0 saturated heterocycles. The molecule has 0 aromatic carbocycles. The van der Waals surface area contributed by atoms with Crippen LogP contribution >= 0.6 is 0 Å². The molecule has 74 valence electrons. The van der Waals surface area contributed by atoms with Crippen LogP contribution in [0.15, 0.2) is 18.3 Å². The zero-order valence-corrected chi connectivity index (χ0v) is 9.00. The summed E-state index contributed by atoms with van der Waals surface area (Å²) in [5.74, 6) is 0. The second-order valence-corrected chi connectivity index (χ2v) is 2.46. The van der Waals surface area contributed by atoms with E-state index in [9.17, 15) is 0 Å². The molecule has 0 atom stereocenters. The summed E-state index contributed by atoms with van der Waals surface area (Å²) < 4.78 is 5.20. The third-order valence-corrected chi connectivity index (χ3v) is 1.43. The highest BCUT2D eigenvalue weighted by Gasteiger charge is 1.91. The molecule has 0 bridgehead atoms. The van der Waals surface area contributed by atoms with E-state index >= 15 is 0 Å². The molecule has 0 fully saturated rings. The van der Waals surface area contributed by atoms with E-state index in [1.54, 1.807) is 0 Å². The minimum absolute atomic E-state index is 0.622. The Hall–Kier alpha value is -0.890. The van der Waals surface area contributed by atoms with Gasteiger partial charge >= 0.3 is 0 Å². The van der Waals surface area contributed by atoms with E-state index in [0.717, 1.165) is 12.3 Å². The van der Waals surface area contributed by atoms with Gasteiger partial charge in [-0.2, -0.15) is 0 Å². The SMILES string of the molecule is CC.CCOCc1ccc(C)cn1. The summed E-state index contributed by atoms with van der Waals surface area (Å²) in [5.41, 5.74) is 2.18. The molecule has 2 heteroatoms. The van der Waals surface area contributed by atoms with E-state index in [2.05, 4.69) is 4.98 Å². The fraction of sp³-hybridized carbons (Fsp3) is 0.545. The van der Waals surface area contributed by atoms with E-state index in [4.69, 9.17) is 4.74 Å². The first kappa shape index (κ1) is 12.1. The molecular weight excluding hydrogens is 162 g/mol. The number of ether oxygens (including phenoxy) is 1. The van der Waals surface area contributed by atoms with Crippen LogP contribution in [-0.4, -0.2) is 11.6 Å². The minimum Gasteiger partial charge on any atom is -0.375 e. The van der Waals surface area contributed by atoms with Gasteiger partial charge in [0.15, 0.2) is 0 Å². The van der Waals surface area contributed by atoms with Gasteiger partial charge in [-0.05, 0) is 25.5 Å². The molecule has 0 aliphatic rings. The van der Waals surface area contributed by atoms with E-state index in [-0.39, 0.29) is 0 Å². The smallest absolute Gasteiger partial charge is 0.0887 e. The van der Waals surface area contributed by atoms with Crippen molar-refractivity contribution in [3.8, 4) is 0 Å². The van der Waals surface area contributed by atoms with Crippen LogP contribution < -0.4 is 0 Å². The minimum atomic E-state index is 0.622. The summed E-state index contributed by atoms with van der Waals surface area (Å²) in [4.78, 5) is 4.19. The van der Waals surface area contributed by atoms with Crippen LogP contribution in [0.3, 0.4) is 0 Å². The first-order valence-corrected chi connectivity index (χ1v) is 4.82. The normalized spacial score (nSPS) is 8.92. The number of hydrogen-bond acceptors (Lipinski definition) is 2. The second kappa shape index (κ2) is 7.74. The largest absolute Gasteiger partial charge is 0.375 e. The molecule has 0 N–H and O–H groups in total. The van der Waals surface area contributed by atoms with Crippen LogP contribution in [0.4, 0.5) is 0 Å². The summed E-state index contributed by atoms with van der Waals surface area (Å²) in [6, 6.07) is 4.03. The summed E-state index contributed by atoms with van der Waals surface area (Å²) >= 11 is 0. The predicted molar refractivity (Wildman–Crippen MR) is 55.7 cm³/mol. The number of pyridine rings is 1. The molecule has 0 radical (unpaired) electrons. The van der Waals surface area contributed by atoms with Crippen molar-refractivity contribution < 1.29 is 4.74 Å². The molecule has 13 heavy (non-hydrogen) atoms. The Labute approximate surface area is 81.0 Å². The van der Waals surface area contributed by atoms with Gasteiger partial charge in [-0.3, -0.25) is 4.98 Å². The Kier molecular flexibility index (Phi) is 7.21.